The van der Waals surface area contributed by atoms with Crippen LogP contribution in [0.25, 0.3) is 22.4 Å². The minimum absolute atomic E-state index is 0.122. The molecule has 0 aliphatic rings. The molecule has 3 rings (SSSR count). The Kier molecular flexibility index (Phi) is 4.64. The van der Waals surface area contributed by atoms with Crippen LogP contribution in [0.4, 0.5) is 0 Å². The van der Waals surface area contributed by atoms with Crippen molar-refractivity contribution < 1.29 is 4.21 Å². The van der Waals surface area contributed by atoms with E-state index in [-0.39, 0.29) is 10.6 Å². The van der Waals surface area contributed by atoms with Crippen LogP contribution < -0.4 is 5.56 Å². The normalized spacial score (nSPS) is 12.1. The van der Waals surface area contributed by atoms with Crippen LogP contribution in [0, 0.1) is 6.92 Å². The molecule has 0 saturated carbocycles. The third-order valence-corrected chi connectivity index (χ3v) is 4.91. The van der Waals surface area contributed by atoms with E-state index < -0.39 is 10.8 Å². The number of hydrogen-bond donors (Lipinski definition) is 1. The van der Waals surface area contributed by atoms with Gasteiger partial charge in [-0.2, -0.15) is 0 Å². The van der Waals surface area contributed by atoms with E-state index >= 15 is 0 Å². The SMILES string of the molecule is Cc1ccc(-c2[nH]c(=O)c(Cl)cc2-c2ccc(S(C)=O)cc2)cn1. The van der Waals surface area contributed by atoms with E-state index in [1.165, 1.54) is 0 Å². The van der Waals surface area contributed by atoms with Crippen molar-refractivity contribution in [3.63, 3.8) is 0 Å². The average molecular weight is 359 g/mol. The zero-order valence-corrected chi connectivity index (χ0v) is 14.7. The number of benzene rings is 1. The lowest BCUT2D eigenvalue weighted by atomic mass is 10.0. The van der Waals surface area contributed by atoms with E-state index in [4.69, 9.17) is 11.6 Å². The number of nitrogens with zero attached hydrogens (tertiary/aromatic N) is 1. The number of halogens is 1. The minimum atomic E-state index is -1.04. The summed E-state index contributed by atoms with van der Waals surface area (Å²) in [6.45, 7) is 1.90. The molecule has 0 bridgehead atoms. The van der Waals surface area contributed by atoms with E-state index in [1.54, 1.807) is 18.5 Å². The molecule has 1 N–H and O–H groups in total. The maximum absolute atomic E-state index is 12.0. The summed E-state index contributed by atoms with van der Waals surface area (Å²) < 4.78 is 11.5. The number of nitrogens with one attached hydrogen (secondary N) is 1. The van der Waals surface area contributed by atoms with Crippen LogP contribution in [0.1, 0.15) is 5.69 Å². The highest BCUT2D eigenvalue weighted by atomic mass is 35.5. The number of rotatable bonds is 3. The third kappa shape index (κ3) is 3.32. The lowest BCUT2D eigenvalue weighted by Crippen LogP contribution is -2.08. The van der Waals surface area contributed by atoms with Gasteiger partial charge in [0.25, 0.3) is 5.56 Å². The van der Waals surface area contributed by atoms with Crippen molar-refractivity contribution in [1.82, 2.24) is 9.97 Å². The highest BCUT2D eigenvalue weighted by Gasteiger charge is 2.12. The minimum Gasteiger partial charge on any atom is -0.320 e. The maximum Gasteiger partial charge on any atom is 0.267 e. The van der Waals surface area contributed by atoms with Crippen molar-refractivity contribution in [2.45, 2.75) is 11.8 Å². The first-order valence-electron chi connectivity index (χ1n) is 7.25. The van der Waals surface area contributed by atoms with Gasteiger partial charge in [-0.15, -0.1) is 0 Å². The monoisotopic (exact) mass is 358 g/mol. The third-order valence-electron chi connectivity index (χ3n) is 3.69. The Balaban J connectivity index is 2.19. The lowest BCUT2D eigenvalue weighted by Gasteiger charge is -2.11. The molecule has 0 fully saturated rings. The smallest absolute Gasteiger partial charge is 0.267 e. The van der Waals surface area contributed by atoms with Gasteiger partial charge in [0.1, 0.15) is 5.02 Å². The Bertz CT molecular complexity index is 964. The summed E-state index contributed by atoms with van der Waals surface area (Å²) in [5, 5.41) is 0.122. The maximum atomic E-state index is 12.0. The zero-order chi connectivity index (χ0) is 17.3. The standard InChI is InChI=1S/C18H15ClN2O2S/c1-11-3-4-13(10-20-11)17-15(9-16(19)18(22)21-17)12-5-7-14(8-6-12)24(2)23/h3-10H,1-2H3,(H,21,22). The van der Waals surface area contributed by atoms with E-state index in [0.29, 0.717) is 5.69 Å². The molecule has 1 unspecified atom stereocenters. The van der Waals surface area contributed by atoms with Crippen LogP contribution in [0.15, 0.2) is 58.4 Å². The van der Waals surface area contributed by atoms with Crippen LogP contribution >= 0.6 is 11.6 Å². The summed E-state index contributed by atoms with van der Waals surface area (Å²) in [5.74, 6) is 0. The first-order valence-corrected chi connectivity index (χ1v) is 9.19. The van der Waals surface area contributed by atoms with Crippen molar-refractivity contribution in [3.8, 4) is 22.4 Å². The highest BCUT2D eigenvalue weighted by Crippen LogP contribution is 2.31. The predicted octanol–water partition coefficient (Wildman–Crippen LogP) is 3.80. The van der Waals surface area contributed by atoms with Gasteiger partial charge in [-0.25, -0.2) is 0 Å². The molecule has 0 radical (unpaired) electrons. The fourth-order valence-corrected chi connectivity index (χ4v) is 3.08. The van der Waals surface area contributed by atoms with Gasteiger partial charge in [-0.05, 0) is 42.8 Å². The Morgan fingerprint density at radius 2 is 1.75 bits per heavy atom. The second-order valence-corrected chi connectivity index (χ2v) is 7.19. The van der Waals surface area contributed by atoms with Crippen molar-refractivity contribution in [2.75, 3.05) is 6.26 Å². The van der Waals surface area contributed by atoms with Crippen molar-refractivity contribution in [3.05, 3.63) is 69.7 Å². The second kappa shape index (κ2) is 6.71. The van der Waals surface area contributed by atoms with Gasteiger partial charge >= 0.3 is 0 Å². The summed E-state index contributed by atoms with van der Waals surface area (Å²) in [5.41, 5.74) is 3.67. The Labute approximate surface area is 147 Å². The largest absolute Gasteiger partial charge is 0.320 e. The summed E-state index contributed by atoms with van der Waals surface area (Å²) in [6.07, 6.45) is 3.35. The summed E-state index contributed by atoms with van der Waals surface area (Å²) >= 11 is 6.02. The van der Waals surface area contributed by atoms with E-state index in [1.807, 2.05) is 43.3 Å². The topological polar surface area (TPSA) is 62.8 Å². The number of aryl methyl sites for hydroxylation is 1. The van der Waals surface area contributed by atoms with Crippen molar-refractivity contribution >= 4 is 22.4 Å². The quantitative estimate of drug-likeness (QED) is 0.774. The predicted molar refractivity (Wildman–Crippen MR) is 97.8 cm³/mol. The molecule has 1 atom stereocenters. The second-order valence-electron chi connectivity index (χ2n) is 5.40. The molecule has 24 heavy (non-hydrogen) atoms. The molecular formula is C18H15ClN2O2S. The molecule has 122 valence electrons. The molecule has 0 amide bonds. The van der Waals surface area contributed by atoms with E-state index in [0.717, 1.165) is 27.3 Å². The zero-order valence-electron chi connectivity index (χ0n) is 13.2. The van der Waals surface area contributed by atoms with Gasteiger partial charge in [0.2, 0.25) is 0 Å². The Morgan fingerprint density at radius 3 is 2.33 bits per heavy atom. The number of aromatic nitrogens is 2. The van der Waals surface area contributed by atoms with Crippen LogP contribution in [0.3, 0.4) is 0 Å². The molecule has 0 aliphatic carbocycles. The molecule has 2 aromatic heterocycles. The van der Waals surface area contributed by atoms with Crippen molar-refractivity contribution in [2.24, 2.45) is 0 Å². The van der Waals surface area contributed by atoms with Crippen LogP contribution in [0.2, 0.25) is 5.02 Å². The van der Waals surface area contributed by atoms with Crippen LogP contribution in [-0.4, -0.2) is 20.4 Å². The van der Waals surface area contributed by atoms with Crippen LogP contribution in [0.5, 0.6) is 0 Å². The average Bonchev–Trinajstić information content (AvgIpc) is 2.58. The highest BCUT2D eigenvalue weighted by molar-refractivity contribution is 7.84. The molecule has 0 spiro atoms. The fourth-order valence-electron chi connectivity index (χ4n) is 2.40. The lowest BCUT2D eigenvalue weighted by molar-refractivity contribution is 0.687. The molecule has 3 aromatic rings. The summed E-state index contributed by atoms with van der Waals surface area (Å²) in [6, 6.07) is 12.8. The molecule has 0 aliphatic heterocycles. The number of aromatic amines is 1. The molecule has 6 heteroatoms. The molecular weight excluding hydrogens is 344 g/mol. The van der Waals surface area contributed by atoms with E-state index in [9.17, 15) is 9.00 Å². The number of pyridine rings is 2. The first-order chi connectivity index (χ1) is 11.5. The van der Waals surface area contributed by atoms with Gasteiger partial charge in [0.15, 0.2) is 0 Å². The molecule has 0 saturated heterocycles. The summed E-state index contributed by atoms with van der Waals surface area (Å²) in [4.78, 5) is 19.8. The summed E-state index contributed by atoms with van der Waals surface area (Å²) in [7, 11) is -1.04. The molecule has 2 heterocycles. The fraction of sp³-hybridized carbons (Fsp3) is 0.111. The first kappa shape index (κ1) is 16.6. The van der Waals surface area contributed by atoms with Gasteiger partial charge < -0.3 is 4.98 Å². The Morgan fingerprint density at radius 1 is 1.08 bits per heavy atom. The molecule has 4 nitrogen and oxygen atoms in total. The van der Waals surface area contributed by atoms with Gasteiger partial charge in [-0.1, -0.05) is 23.7 Å². The van der Waals surface area contributed by atoms with E-state index in [2.05, 4.69) is 9.97 Å². The number of hydrogen-bond acceptors (Lipinski definition) is 3. The van der Waals surface area contributed by atoms with Gasteiger partial charge in [0, 0.05) is 45.0 Å². The van der Waals surface area contributed by atoms with Crippen molar-refractivity contribution in [1.29, 1.82) is 0 Å². The Hall–Kier alpha value is -2.24. The van der Waals surface area contributed by atoms with Gasteiger partial charge in [0.05, 0.1) is 5.69 Å². The number of H-pyrrole nitrogens is 1. The van der Waals surface area contributed by atoms with Crippen LogP contribution in [-0.2, 0) is 10.8 Å². The van der Waals surface area contributed by atoms with Gasteiger partial charge in [-0.3, -0.25) is 14.0 Å². The molecule has 1 aromatic carbocycles.